The Balaban J connectivity index is 2.09. The Hall–Kier alpha value is -2.52. The summed E-state index contributed by atoms with van der Waals surface area (Å²) in [5.41, 5.74) is -0.692. The summed E-state index contributed by atoms with van der Waals surface area (Å²) in [6.45, 7) is 3.45. The fourth-order valence-electron chi connectivity index (χ4n) is 2.75. The SMILES string of the molecule is Cn1c(=O)n(CCC(C)(C)O)c2cc(Nc3nc(F)ncc3Cl)cc(F)c21. The van der Waals surface area contributed by atoms with E-state index in [1.807, 2.05) is 0 Å². The molecular weight excluding hydrogens is 380 g/mol. The van der Waals surface area contributed by atoms with Gasteiger partial charge in [-0.1, -0.05) is 11.6 Å². The van der Waals surface area contributed by atoms with Crippen LogP contribution in [0.4, 0.5) is 20.3 Å². The second-order valence-corrected chi connectivity index (χ2v) is 7.25. The summed E-state index contributed by atoms with van der Waals surface area (Å²) in [5, 5.41) is 12.7. The molecule has 3 aromatic rings. The summed E-state index contributed by atoms with van der Waals surface area (Å²) in [7, 11) is 1.47. The van der Waals surface area contributed by atoms with Crippen LogP contribution < -0.4 is 11.0 Å². The summed E-state index contributed by atoms with van der Waals surface area (Å²) in [4.78, 5) is 19.4. The van der Waals surface area contributed by atoms with Crippen molar-refractivity contribution in [3.05, 3.63) is 45.7 Å². The lowest BCUT2D eigenvalue weighted by Gasteiger charge is -2.17. The van der Waals surface area contributed by atoms with Gasteiger partial charge in [0.05, 0.1) is 17.3 Å². The first-order chi connectivity index (χ1) is 12.6. The van der Waals surface area contributed by atoms with Gasteiger partial charge in [-0.25, -0.2) is 14.2 Å². The Morgan fingerprint density at radius 2 is 2.04 bits per heavy atom. The summed E-state index contributed by atoms with van der Waals surface area (Å²) in [5.74, 6) is -0.661. The van der Waals surface area contributed by atoms with E-state index < -0.39 is 23.2 Å². The lowest BCUT2D eigenvalue weighted by atomic mass is 10.1. The summed E-state index contributed by atoms with van der Waals surface area (Å²) < 4.78 is 30.5. The predicted octanol–water partition coefficient (Wildman–Crippen LogP) is 2.97. The van der Waals surface area contributed by atoms with Crippen molar-refractivity contribution in [2.75, 3.05) is 5.32 Å². The minimum atomic E-state index is -0.984. The van der Waals surface area contributed by atoms with Gasteiger partial charge in [0, 0.05) is 19.3 Å². The maximum atomic E-state index is 14.7. The topological polar surface area (TPSA) is 85.0 Å². The van der Waals surface area contributed by atoms with Crippen molar-refractivity contribution < 1.29 is 13.9 Å². The molecule has 0 spiro atoms. The molecule has 0 saturated heterocycles. The lowest BCUT2D eigenvalue weighted by Crippen LogP contribution is -2.27. The third-order valence-corrected chi connectivity index (χ3v) is 4.39. The van der Waals surface area contributed by atoms with Crippen LogP contribution in [0.15, 0.2) is 23.1 Å². The largest absolute Gasteiger partial charge is 0.390 e. The molecule has 7 nitrogen and oxygen atoms in total. The minimum Gasteiger partial charge on any atom is -0.390 e. The van der Waals surface area contributed by atoms with Crippen LogP contribution in [-0.4, -0.2) is 29.8 Å². The standard InChI is InChI=1S/C17H18ClF2N5O2/c1-17(2,27)4-5-25-12-7-9(6-11(19)13(12)24(3)16(25)26)22-14-10(18)8-21-15(20)23-14/h6-8,27H,4-5H2,1-3H3,(H,21,22,23). The highest BCUT2D eigenvalue weighted by Crippen LogP contribution is 2.27. The monoisotopic (exact) mass is 397 g/mol. The van der Waals surface area contributed by atoms with Gasteiger partial charge in [0.2, 0.25) is 0 Å². The number of hydrogen-bond acceptors (Lipinski definition) is 5. The van der Waals surface area contributed by atoms with Crippen molar-refractivity contribution in [2.45, 2.75) is 32.4 Å². The zero-order chi connectivity index (χ0) is 19.9. The predicted molar refractivity (Wildman–Crippen MR) is 98.3 cm³/mol. The molecule has 2 aromatic heterocycles. The molecule has 0 saturated carbocycles. The molecule has 0 unspecified atom stereocenters. The third-order valence-electron chi connectivity index (χ3n) is 4.11. The molecule has 0 atom stereocenters. The molecule has 0 aliphatic carbocycles. The first-order valence-corrected chi connectivity index (χ1v) is 8.51. The van der Waals surface area contributed by atoms with Gasteiger partial charge in [-0.2, -0.15) is 9.37 Å². The van der Waals surface area contributed by atoms with E-state index in [1.54, 1.807) is 19.9 Å². The van der Waals surface area contributed by atoms with Gasteiger partial charge >= 0.3 is 11.8 Å². The van der Waals surface area contributed by atoms with E-state index in [2.05, 4.69) is 15.3 Å². The van der Waals surface area contributed by atoms with Crippen LogP contribution in [0, 0.1) is 11.9 Å². The summed E-state index contributed by atoms with van der Waals surface area (Å²) in [6, 6.07) is 2.71. The van der Waals surface area contributed by atoms with E-state index in [9.17, 15) is 18.7 Å². The number of anilines is 2. The number of rotatable bonds is 5. The normalized spacial score (nSPS) is 12.0. The number of nitrogens with one attached hydrogen (secondary N) is 1. The highest BCUT2D eigenvalue weighted by Gasteiger charge is 2.19. The molecule has 27 heavy (non-hydrogen) atoms. The first kappa shape index (κ1) is 19.2. The van der Waals surface area contributed by atoms with Gasteiger partial charge in [-0.3, -0.25) is 9.13 Å². The van der Waals surface area contributed by atoms with Crippen LogP contribution >= 0.6 is 11.6 Å². The highest BCUT2D eigenvalue weighted by atomic mass is 35.5. The van der Waals surface area contributed by atoms with E-state index in [0.29, 0.717) is 11.9 Å². The molecule has 2 heterocycles. The Morgan fingerprint density at radius 3 is 2.70 bits per heavy atom. The van der Waals surface area contributed by atoms with E-state index in [-0.39, 0.29) is 28.6 Å². The summed E-state index contributed by atoms with van der Waals surface area (Å²) in [6.07, 6.45) is 0.405. The second-order valence-electron chi connectivity index (χ2n) is 6.84. The van der Waals surface area contributed by atoms with E-state index in [4.69, 9.17) is 11.6 Å². The zero-order valence-electron chi connectivity index (χ0n) is 14.9. The van der Waals surface area contributed by atoms with Crippen molar-refractivity contribution in [2.24, 2.45) is 7.05 Å². The average Bonchev–Trinajstić information content (AvgIpc) is 2.80. The molecule has 2 N–H and O–H groups in total. The molecule has 0 amide bonds. The zero-order valence-corrected chi connectivity index (χ0v) is 15.7. The van der Waals surface area contributed by atoms with E-state index >= 15 is 0 Å². The molecule has 3 rings (SSSR count). The van der Waals surface area contributed by atoms with Crippen LogP contribution in [0.1, 0.15) is 20.3 Å². The number of fused-ring (bicyclic) bond motifs is 1. The Kier molecular flexibility index (Phi) is 4.92. The van der Waals surface area contributed by atoms with Crippen LogP contribution in [0.2, 0.25) is 5.02 Å². The molecule has 0 fully saturated rings. The number of hydrogen-bond donors (Lipinski definition) is 2. The number of nitrogens with zero attached hydrogens (tertiary/aromatic N) is 4. The molecule has 0 aliphatic heterocycles. The van der Waals surface area contributed by atoms with Crippen molar-refractivity contribution in [1.29, 1.82) is 0 Å². The average molecular weight is 398 g/mol. The Morgan fingerprint density at radius 1 is 1.33 bits per heavy atom. The molecule has 144 valence electrons. The van der Waals surface area contributed by atoms with Gasteiger partial charge < -0.3 is 10.4 Å². The number of aryl methyl sites for hydroxylation is 2. The molecule has 1 aromatic carbocycles. The maximum absolute atomic E-state index is 14.7. The number of aliphatic hydroxyl groups is 1. The van der Waals surface area contributed by atoms with Gasteiger partial charge in [-0.15, -0.1) is 0 Å². The molecule has 10 heteroatoms. The quantitative estimate of drug-likeness (QED) is 0.646. The molecular formula is C17H18ClF2N5O2. The molecule has 0 radical (unpaired) electrons. The minimum absolute atomic E-state index is 0.0239. The van der Waals surface area contributed by atoms with E-state index in [1.165, 1.54) is 22.2 Å². The molecule has 0 aliphatic rings. The Bertz CT molecular complexity index is 1070. The summed E-state index contributed by atoms with van der Waals surface area (Å²) >= 11 is 5.93. The van der Waals surface area contributed by atoms with Gasteiger partial charge in [0.1, 0.15) is 10.5 Å². The van der Waals surface area contributed by atoms with Crippen molar-refractivity contribution in [1.82, 2.24) is 19.1 Å². The van der Waals surface area contributed by atoms with Crippen molar-refractivity contribution >= 4 is 34.1 Å². The van der Waals surface area contributed by atoms with E-state index in [0.717, 1.165) is 6.20 Å². The number of imidazole rings is 1. The van der Waals surface area contributed by atoms with Crippen LogP contribution in [-0.2, 0) is 13.6 Å². The lowest BCUT2D eigenvalue weighted by molar-refractivity contribution is 0.0662. The Labute approximate surface area is 158 Å². The highest BCUT2D eigenvalue weighted by molar-refractivity contribution is 6.32. The number of benzene rings is 1. The van der Waals surface area contributed by atoms with Gasteiger partial charge in [0.25, 0.3) is 0 Å². The molecule has 0 bridgehead atoms. The maximum Gasteiger partial charge on any atom is 0.328 e. The number of aromatic nitrogens is 4. The van der Waals surface area contributed by atoms with Gasteiger partial charge in [-0.05, 0) is 32.4 Å². The van der Waals surface area contributed by atoms with Crippen molar-refractivity contribution in [3.63, 3.8) is 0 Å². The smallest absolute Gasteiger partial charge is 0.328 e. The fraction of sp³-hybridized carbons (Fsp3) is 0.353. The van der Waals surface area contributed by atoms with Crippen molar-refractivity contribution in [3.8, 4) is 0 Å². The fourth-order valence-corrected chi connectivity index (χ4v) is 2.88. The second kappa shape index (κ2) is 6.90. The van der Waals surface area contributed by atoms with Crippen LogP contribution in [0.5, 0.6) is 0 Å². The van der Waals surface area contributed by atoms with Crippen LogP contribution in [0.3, 0.4) is 0 Å². The van der Waals surface area contributed by atoms with Gasteiger partial charge in [0.15, 0.2) is 11.6 Å². The first-order valence-electron chi connectivity index (χ1n) is 8.13. The third kappa shape index (κ3) is 3.93. The van der Waals surface area contributed by atoms with Crippen LogP contribution in [0.25, 0.3) is 11.0 Å². The number of halogens is 3.